The van der Waals surface area contributed by atoms with Gasteiger partial charge in [-0.05, 0) is 111 Å². The third-order valence-corrected chi connectivity index (χ3v) is 13.0. The van der Waals surface area contributed by atoms with E-state index < -0.39 is 78.1 Å². The van der Waals surface area contributed by atoms with Gasteiger partial charge in [-0.3, -0.25) is 19.5 Å². The number of carbonyl (C=O) groups excluding carboxylic acids is 4. The lowest BCUT2D eigenvalue weighted by molar-refractivity contribution is -0.294. The fourth-order valence-corrected chi connectivity index (χ4v) is 9.45. The van der Waals surface area contributed by atoms with Crippen molar-refractivity contribution < 1.29 is 57.1 Å². The summed E-state index contributed by atoms with van der Waals surface area (Å²) in [7, 11) is 8.56. The van der Waals surface area contributed by atoms with Gasteiger partial charge in [0.15, 0.2) is 18.0 Å². The topological polar surface area (TPSA) is 213 Å². The van der Waals surface area contributed by atoms with Gasteiger partial charge in [-0.2, -0.15) is 0 Å². The van der Waals surface area contributed by atoms with Gasteiger partial charge in [-0.15, -0.1) is 0 Å². The van der Waals surface area contributed by atoms with Crippen LogP contribution in [0.1, 0.15) is 100.0 Å². The van der Waals surface area contributed by atoms with Crippen molar-refractivity contribution in [1.82, 2.24) is 19.7 Å². The molecule has 0 aromatic carbocycles. The zero-order valence-corrected chi connectivity index (χ0v) is 39.3. The lowest BCUT2D eigenvalue weighted by Gasteiger charge is -2.47. The molecule has 0 aliphatic carbocycles. The van der Waals surface area contributed by atoms with Crippen molar-refractivity contribution in [1.29, 1.82) is 0 Å². The zero-order chi connectivity index (χ0) is 46.6. The van der Waals surface area contributed by atoms with Gasteiger partial charge in [0.25, 0.3) is 0 Å². The monoisotopic (exact) mass is 906 g/mol. The molecule has 3 aliphatic heterocycles. The highest BCUT2D eigenvalue weighted by molar-refractivity contribution is 5.76. The van der Waals surface area contributed by atoms with Crippen LogP contribution in [0.5, 0.6) is 0 Å². The first kappa shape index (κ1) is 54.1. The summed E-state index contributed by atoms with van der Waals surface area (Å²) in [5.41, 5.74) is 7.02. The number of aromatic nitrogens is 1. The van der Waals surface area contributed by atoms with Crippen molar-refractivity contribution in [2.45, 2.75) is 167 Å². The van der Waals surface area contributed by atoms with Crippen LogP contribution in [0.2, 0.25) is 0 Å². The van der Waals surface area contributed by atoms with E-state index in [0.29, 0.717) is 57.3 Å². The molecular formula is C45H75N7O12. The number of pyridine rings is 1. The number of hydrogen-bond acceptors (Lipinski definition) is 16. The molecule has 1 aromatic heterocycles. The maximum absolute atomic E-state index is 14.6. The second kappa shape index (κ2) is 24.3. The number of fused-ring (bicyclic) bond motifs is 1. The third-order valence-electron chi connectivity index (χ3n) is 13.0. The van der Waals surface area contributed by atoms with Crippen molar-refractivity contribution in [2.24, 2.45) is 17.0 Å². The number of amides is 1. The van der Waals surface area contributed by atoms with Crippen LogP contribution in [-0.4, -0.2) is 165 Å². The summed E-state index contributed by atoms with van der Waals surface area (Å²) in [6, 6.07) is 2.30. The van der Waals surface area contributed by atoms with Gasteiger partial charge < -0.3 is 47.7 Å². The second-order valence-corrected chi connectivity index (χ2v) is 18.0. The SMILES string of the molecule is C.CC[C@H]1OC(=O)[C@H](C)C(OC(=O)Cc2cccnc2)C[C@@H](O[C@@H]2O[C@H](C)CC(N(C)C)C2OC(=O)OC)[C@](C)(OC)C[C@@H](C)CN(C)[C@H](C)[C@H]2N(CCCCN=[N+]=[N-])C(=O)O[C@]12C. The molecule has 3 saturated heterocycles. The normalized spacial score (nSPS) is 34.1. The number of cyclic esters (lactones) is 1. The Morgan fingerprint density at radius 3 is 2.42 bits per heavy atom. The first-order chi connectivity index (χ1) is 29.8. The Bertz CT molecular complexity index is 1720. The number of unbranched alkanes of at least 4 members (excludes halogenated alkanes) is 1. The molecular weight excluding hydrogens is 831 g/mol. The zero-order valence-electron chi connectivity index (χ0n) is 39.3. The molecule has 19 heteroatoms. The third kappa shape index (κ3) is 13.4. The minimum absolute atomic E-state index is 0. The van der Waals surface area contributed by atoms with Gasteiger partial charge in [0.2, 0.25) is 0 Å². The number of ether oxygens (including phenoxy) is 8. The molecule has 3 fully saturated rings. The summed E-state index contributed by atoms with van der Waals surface area (Å²) in [5.74, 6) is -2.40. The van der Waals surface area contributed by atoms with E-state index in [1.54, 1.807) is 43.5 Å². The Hall–Kier alpha value is -4.26. The number of esters is 2. The Morgan fingerprint density at radius 2 is 1.81 bits per heavy atom. The first-order valence-electron chi connectivity index (χ1n) is 22.1. The molecule has 19 nitrogen and oxygen atoms in total. The lowest BCUT2D eigenvalue weighted by atomic mass is 9.82. The standard InChI is InChI=1S/C44H71N7O12.CH4/c1-13-34-44(7)38(51(41(54)63-44)20-15-14-19-47-48-45)30(5)50(10)26-27(2)24-43(6,57-12)35(61-40-37(62-42(55)56-11)32(49(8)9)21-28(3)58-40)23-33(29(4)39(53)60-34)59-36(52)22-31-17-16-18-46-25-31;/h16-18,25,27-30,32-35,37-38,40H,13-15,19-24,26H2,1-12H3;1H4/t27-,28-,29-,30-,32?,33?,34-,35-,37?,38-,40+,43-,44-;/m1./s1. The quantitative estimate of drug-likeness (QED) is 0.0483. The fourth-order valence-electron chi connectivity index (χ4n) is 9.45. The predicted molar refractivity (Wildman–Crippen MR) is 237 cm³/mol. The van der Waals surface area contributed by atoms with Crippen molar-refractivity contribution in [3.63, 3.8) is 0 Å². The van der Waals surface area contributed by atoms with Crippen LogP contribution < -0.4 is 0 Å². The van der Waals surface area contributed by atoms with Gasteiger partial charge in [0.1, 0.15) is 12.2 Å². The number of carbonyl (C=O) groups is 4. The van der Waals surface area contributed by atoms with Crippen LogP contribution in [0, 0.1) is 11.8 Å². The van der Waals surface area contributed by atoms with E-state index in [2.05, 4.69) is 26.8 Å². The average molecular weight is 906 g/mol. The number of rotatable bonds is 14. The molecule has 3 aliphatic rings. The number of likely N-dealkylation sites (N-methyl/N-ethyl adjacent to an activating group) is 2. The summed E-state index contributed by atoms with van der Waals surface area (Å²) in [6.07, 6.45) is -1.36. The largest absolute Gasteiger partial charge is 0.508 e. The van der Waals surface area contributed by atoms with Crippen LogP contribution in [0.25, 0.3) is 10.4 Å². The van der Waals surface area contributed by atoms with Gasteiger partial charge in [-0.25, -0.2) is 9.59 Å². The Kier molecular flexibility index (Phi) is 20.5. The molecule has 1 amide bonds. The summed E-state index contributed by atoms with van der Waals surface area (Å²) in [6.45, 7) is 14.4. The maximum Gasteiger partial charge on any atom is 0.508 e. The fraction of sp³-hybridized carbons (Fsp3) is 0.800. The van der Waals surface area contributed by atoms with E-state index in [4.69, 9.17) is 43.4 Å². The number of hydrogen-bond donors (Lipinski definition) is 0. The summed E-state index contributed by atoms with van der Waals surface area (Å²) >= 11 is 0. The highest BCUT2D eigenvalue weighted by Gasteiger charge is 2.59. The molecule has 0 N–H and O–H groups in total. The number of azide groups is 1. The summed E-state index contributed by atoms with van der Waals surface area (Å²) in [5, 5.41) is 3.65. The van der Waals surface area contributed by atoms with E-state index in [9.17, 15) is 19.2 Å². The highest BCUT2D eigenvalue weighted by Crippen LogP contribution is 2.41. The van der Waals surface area contributed by atoms with Gasteiger partial charge >= 0.3 is 24.2 Å². The maximum atomic E-state index is 14.6. The Balaban J connectivity index is 0.0000109. The van der Waals surface area contributed by atoms with Crippen LogP contribution in [0.3, 0.4) is 0 Å². The number of methoxy groups -OCH3 is 2. The van der Waals surface area contributed by atoms with Crippen LogP contribution in [0.15, 0.2) is 29.6 Å². The van der Waals surface area contributed by atoms with Crippen LogP contribution >= 0.6 is 0 Å². The molecule has 4 heterocycles. The Morgan fingerprint density at radius 1 is 1.09 bits per heavy atom. The van der Waals surface area contributed by atoms with Crippen molar-refractivity contribution >= 4 is 24.2 Å². The molecule has 3 unspecified atom stereocenters. The Labute approximate surface area is 379 Å². The van der Waals surface area contributed by atoms with Gasteiger partial charge in [0, 0.05) is 56.5 Å². The number of nitrogens with zero attached hydrogens (tertiary/aromatic N) is 7. The van der Waals surface area contributed by atoms with Crippen molar-refractivity contribution in [3.05, 3.63) is 40.5 Å². The van der Waals surface area contributed by atoms with Crippen LogP contribution in [0.4, 0.5) is 9.59 Å². The molecule has 0 spiro atoms. The van der Waals surface area contributed by atoms with Crippen molar-refractivity contribution in [3.8, 4) is 0 Å². The molecule has 362 valence electrons. The minimum Gasteiger partial charge on any atom is -0.461 e. The van der Waals surface area contributed by atoms with E-state index in [-0.39, 0.29) is 44.4 Å². The molecule has 4 rings (SSSR count). The second-order valence-electron chi connectivity index (χ2n) is 18.0. The minimum atomic E-state index is -1.28. The van der Waals surface area contributed by atoms with E-state index in [0.717, 1.165) is 0 Å². The van der Waals surface area contributed by atoms with E-state index >= 15 is 0 Å². The lowest BCUT2D eigenvalue weighted by Crippen LogP contribution is -2.61. The molecule has 0 radical (unpaired) electrons. The molecule has 0 bridgehead atoms. The van der Waals surface area contributed by atoms with Crippen molar-refractivity contribution in [2.75, 3.05) is 55.0 Å². The van der Waals surface area contributed by atoms with Crippen LogP contribution in [-0.2, 0) is 53.9 Å². The molecule has 13 atom stereocenters. The predicted octanol–water partition coefficient (Wildman–Crippen LogP) is 6.56. The van der Waals surface area contributed by atoms with Gasteiger partial charge in [-0.1, -0.05) is 32.5 Å². The van der Waals surface area contributed by atoms with E-state index in [1.807, 2.05) is 60.7 Å². The average Bonchev–Trinajstić information content (AvgIpc) is 3.50. The van der Waals surface area contributed by atoms with E-state index in [1.165, 1.54) is 7.11 Å². The van der Waals surface area contributed by atoms with Gasteiger partial charge in [0.05, 0.1) is 49.3 Å². The summed E-state index contributed by atoms with van der Waals surface area (Å²) in [4.78, 5) is 67.8. The molecule has 0 saturated carbocycles. The highest BCUT2D eigenvalue weighted by atomic mass is 16.8. The summed E-state index contributed by atoms with van der Waals surface area (Å²) < 4.78 is 49.5. The smallest absolute Gasteiger partial charge is 0.461 e. The molecule has 1 aromatic rings. The first-order valence-corrected chi connectivity index (χ1v) is 22.1. The molecule has 64 heavy (non-hydrogen) atoms.